The van der Waals surface area contributed by atoms with Gasteiger partial charge in [-0.2, -0.15) is 0 Å². The average Bonchev–Trinajstić information content (AvgIpc) is 2.00. The van der Waals surface area contributed by atoms with Gasteiger partial charge >= 0.3 is 0 Å². The van der Waals surface area contributed by atoms with Gasteiger partial charge in [0.2, 0.25) is 0 Å². The Bertz CT molecular complexity index is 116. The van der Waals surface area contributed by atoms with Crippen LogP contribution >= 0.6 is 0 Å². The minimum Gasteiger partial charge on any atom is -0.324 e. The van der Waals surface area contributed by atoms with E-state index >= 15 is 0 Å². The molecule has 1 nitrogen and oxygen atoms in total. The van der Waals surface area contributed by atoms with E-state index in [0.717, 1.165) is 12.8 Å². The van der Waals surface area contributed by atoms with Crippen molar-refractivity contribution in [2.24, 2.45) is 5.73 Å². The van der Waals surface area contributed by atoms with Gasteiger partial charge in [0.1, 0.15) is 0 Å². The Morgan fingerprint density at radius 3 is 2.55 bits per heavy atom. The number of hydrogen-bond acceptors (Lipinski definition) is 1. The van der Waals surface area contributed by atoms with Crippen molar-refractivity contribution in [1.82, 2.24) is 0 Å². The predicted octanol–water partition coefficient (Wildman–Crippen LogP) is 2.86. The Hall–Kier alpha value is -0.300. The summed E-state index contributed by atoms with van der Waals surface area (Å²) < 4.78 is 0. The maximum atomic E-state index is 5.92. The lowest BCUT2D eigenvalue weighted by atomic mass is 10.0. The number of allylic oxidation sites excluding steroid dienone is 1. The third-order valence-electron chi connectivity index (χ3n) is 1.98. The lowest BCUT2D eigenvalue weighted by Crippen LogP contribution is -2.20. The lowest BCUT2D eigenvalue weighted by molar-refractivity contribution is 0.631. The van der Waals surface area contributed by atoms with Crippen molar-refractivity contribution in [3.8, 4) is 0 Å². The molecule has 0 bridgehead atoms. The van der Waals surface area contributed by atoms with Gasteiger partial charge in [-0.1, -0.05) is 38.3 Å². The second-order valence-electron chi connectivity index (χ2n) is 3.11. The molecule has 0 amide bonds. The predicted molar refractivity (Wildman–Crippen MR) is 51.5 cm³/mol. The first kappa shape index (κ1) is 10.7. The molecule has 0 radical (unpaired) electrons. The highest BCUT2D eigenvalue weighted by atomic mass is 14.6. The maximum Gasteiger partial charge on any atom is 0.0250 e. The van der Waals surface area contributed by atoms with Crippen molar-refractivity contribution in [2.45, 2.75) is 52.5 Å². The lowest BCUT2D eigenvalue weighted by Gasteiger charge is -2.10. The summed E-state index contributed by atoms with van der Waals surface area (Å²) in [6.07, 6.45) is 6.95. The van der Waals surface area contributed by atoms with E-state index in [9.17, 15) is 0 Å². The minimum absolute atomic E-state index is 0.301. The zero-order valence-corrected chi connectivity index (χ0v) is 8.06. The van der Waals surface area contributed by atoms with Crippen LogP contribution in [0, 0.1) is 0 Å². The molecular formula is C10H21N. The van der Waals surface area contributed by atoms with Gasteiger partial charge in [-0.3, -0.25) is 0 Å². The second-order valence-corrected chi connectivity index (χ2v) is 3.11. The molecule has 0 saturated heterocycles. The molecule has 66 valence electrons. The monoisotopic (exact) mass is 155 g/mol. The summed E-state index contributed by atoms with van der Waals surface area (Å²) in [7, 11) is 0. The van der Waals surface area contributed by atoms with Gasteiger partial charge in [-0.25, -0.2) is 0 Å². The average molecular weight is 155 g/mol. The fraction of sp³-hybridized carbons (Fsp3) is 0.800. The summed E-state index contributed by atoms with van der Waals surface area (Å²) in [6.45, 7) is 6.48. The number of nitrogens with two attached hydrogens (primary N) is 1. The van der Waals surface area contributed by atoms with E-state index in [1.165, 1.54) is 18.4 Å². The van der Waals surface area contributed by atoms with Gasteiger partial charge in [0.25, 0.3) is 0 Å². The summed E-state index contributed by atoms with van der Waals surface area (Å²) in [4.78, 5) is 0. The first-order valence-corrected chi connectivity index (χ1v) is 4.64. The number of rotatable bonds is 5. The van der Waals surface area contributed by atoms with Crippen LogP contribution in [0.15, 0.2) is 11.6 Å². The van der Waals surface area contributed by atoms with Gasteiger partial charge in [0, 0.05) is 6.04 Å². The highest BCUT2D eigenvalue weighted by Gasteiger charge is 2.01. The summed E-state index contributed by atoms with van der Waals surface area (Å²) in [5.41, 5.74) is 7.27. The zero-order chi connectivity index (χ0) is 8.69. The fourth-order valence-corrected chi connectivity index (χ4v) is 1.13. The van der Waals surface area contributed by atoms with Crippen LogP contribution in [0.3, 0.4) is 0 Å². The molecule has 1 unspecified atom stereocenters. The van der Waals surface area contributed by atoms with Gasteiger partial charge in [0.15, 0.2) is 0 Å². The highest BCUT2D eigenvalue weighted by molar-refractivity contribution is 5.05. The Morgan fingerprint density at radius 2 is 2.09 bits per heavy atom. The van der Waals surface area contributed by atoms with Crippen molar-refractivity contribution in [1.29, 1.82) is 0 Å². The first-order chi connectivity index (χ1) is 5.22. The molecule has 11 heavy (non-hydrogen) atoms. The molecule has 0 spiro atoms. The van der Waals surface area contributed by atoms with Crippen LogP contribution in [0.1, 0.15) is 46.5 Å². The second kappa shape index (κ2) is 6.41. The number of hydrogen-bond donors (Lipinski definition) is 1. The standard InChI is InChI=1S/C10H21N/c1-4-6-8-10(11)9(3)7-5-2/h7,10H,4-6,8,11H2,1-3H3/b9-7-. The molecule has 2 N–H and O–H groups in total. The van der Waals surface area contributed by atoms with E-state index in [1.54, 1.807) is 0 Å². The molecule has 0 aliphatic rings. The summed E-state index contributed by atoms with van der Waals surface area (Å²) in [5, 5.41) is 0. The summed E-state index contributed by atoms with van der Waals surface area (Å²) in [6, 6.07) is 0.301. The van der Waals surface area contributed by atoms with Crippen molar-refractivity contribution in [2.75, 3.05) is 0 Å². The van der Waals surface area contributed by atoms with E-state index in [1.807, 2.05) is 0 Å². The van der Waals surface area contributed by atoms with Crippen molar-refractivity contribution < 1.29 is 0 Å². The minimum atomic E-state index is 0.301. The molecule has 1 atom stereocenters. The Balaban J connectivity index is 3.63. The van der Waals surface area contributed by atoms with Crippen molar-refractivity contribution in [3.05, 3.63) is 11.6 Å². The Kier molecular flexibility index (Phi) is 6.24. The van der Waals surface area contributed by atoms with Gasteiger partial charge in [-0.15, -0.1) is 0 Å². The van der Waals surface area contributed by atoms with Gasteiger partial charge in [-0.05, 0) is 19.8 Å². The van der Waals surface area contributed by atoms with Crippen LogP contribution in [-0.4, -0.2) is 6.04 Å². The molecule has 0 heterocycles. The normalized spacial score (nSPS) is 15.1. The van der Waals surface area contributed by atoms with E-state index in [0.29, 0.717) is 6.04 Å². The van der Waals surface area contributed by atoms with E-state index < -0.39 is 0 Å². The smallest absolute Gasteiger partial charge is 0.0250 e. The molecule has 0 aromatic rings. The molecule has 0 saturated carbocycles. The van der Waals surface area contributed by atoms with Crippen LogP contribution in [0.2, 0.25) is 0 Å². The molecule has 0 aromatic heterocycles. The van der Waals surface area contributed by atoms with Crippen LogP contribution in [0.25, 0.3) is 0 Å². The van der Waals surface area contributed by atoms with Gasteiger partial charge < -0.3 is 5.73 Å². The molecule has 0 aliphatic heterocycles. The molecular weight excluding hydrogens is 134 g/mol. The Morgan fingerprint density at radius 1 is 1.45 bits per heavy atom. The van der Waals surface area contributed by atoms with Crippen LogP contribution in [-0.2, 0) is 0 Å². The fourth-order valence-electron chi connectivity index (χ4n) is 1.13. The molecule has 0 aromatic carbocycles. The topological polar surface area (TPSA) is 26.0 Å². The SMILES string of the molecule is CC/C=C(/C)C(N)CCCC. The first-order valence-electron chi connectivity index (χ1n) is 4.64. The maximum absolute atomic E-state index is 5.92. The van der Waals surface area contributed by atoms with E-state index in [-0.39, 0.29) is 0 Å². The quantitative estimate of drug-likeness (QED) is 0.607. The summed E-state index contributed by atoms with van der Waals surface area (Å²) >= 11 is 0. The highest BCUT2D eigenvalue weighted by Crippen LogP contribution is 2.07. The third kappa shape index (κ3) is 5.02. The van der Waals surface area contributed by atoms with E-state index in [4.69, 9.17) is 5.73 Å². The van der Waals surface area contributed by atoms with E-state index in [2.05, 4.69) is 26.8 Å². The van der Waals surface area contributed by atoms with Crippen LogP contribution in [0.4, 0.5) is 0 Å². The molecule has 0 fully saturated rings. The zero-order valence-electron chi connectivity index (χ0n) is 8.06. The number of unbranched alkanes of at least 4 members (excludes halogenated alkanes) is 1. The van der Waals surface area contributed by atoms with Crippen molar-refractivity contribution >= 4 is 0 Å². The van der Waals surface area contributed by atoms with Crippen LogP contribution < -0.4 is 5.73 Å². The Labute approximate surface area is 70.7 Å². The van der Waals surface area contributed by atoms with Gasteiger partial charge in [0.05, 0.1) is 0 Å². The summed E-state index contributed by atoms with van der Waals surface area (Å²) in [5.74, 6) is 0. The third-order valence-corrected chi connectivity index (χ3v) is 1.98. The largest absolute Gasteiger partial charge is 0.324 e. The van der Waals surface area contributed by atoms with Crippen molar-refractivity contribution in [3.63, 3.8) is 0 Å². The molecule has 0 aliphatic carbocycles. The molecule has 1 heteroatoms. The van der Waals surface area contributed by atoms with Crippen LogP contribution in [0.5, 0.6) is 0 Å². The molecule has 0 rings (SSSR count).